The molecule has 0 amide bonds. The lowest BCUT2D eigenvalue weighted by molar-refractivity contribution is 0.112. The normalized spacial score (nSPS) is 10.5. The third-order valence-electron chi connectivity index (χ3n) is 2.43. The summed E-state index contributed by atoms with van der Waals surface area (Å²) in [5.41, 5.74) is 1.48. The first-order chi connectivity index (χ1) is 8.15. The maximum Gasteiger partial charge on any atom is 0.153 e. The first kappa shape index (κ1) is 11.8. The van der Waals surface area contributed by atoms with Crippen LogP contribution in [0.1, 0.15) is 17.3 Å². The van der Waals surface area contributed by atoms with Gasteiger partial charge in [0.25, 0.3) is 0 Å². The Kier molecular flexibility index (Phi) is 3.24. The zero-order valence-corrected chi connectivity index (χ0v) is 9.91. The van der Waals surface area contributed by atoms with Gasteiger partial charge < -0.3 is 0 Å². The van der Waals surface area contributed by atoms with Crippen molar-refractivity contribution in [1.82, 2.24) is 9.78 Å². The second-order valence-electron chi connectivity index (χ2n) is 3.53. The Morgan fingerprint density at radius 2 is 2.29 bits per heavy atom. The number of carbonyl (C=O) groups is 1. The van der Waals surface area contributed by atoms with Crippen molar-refractivity contribution in [3.05, 3.63) is 40.8 Å². The van der Waals surface area contributed by atoms with Crippen molar-refractivity contribution in [2.45, 2.75) is 13.5 Å². The highest BCUT2D eigenvalue weighted by molar-refractivity contribution is 6.33. The van der Waals surface area contributed by atoms with Crippen LogP contribution in [-0.4, -0.2) is 16.1 Å². The Morgan fingerprint density at radius 1 is 1.53 bits per heavy atom. The van der Waals surface area contributed by atoms with Gasteiger partial charge in [0.1, 0.15) is 11.5 Å². The Balaban J connectivity index is 2.58. The van der Waals surface area contributed by atoms with Gasteiger partial charge in [0, 0.05) is 18.3 Å². The molecule has 0 spiro atoms. The molecular formula is C12H10ClFN2O. The van der Waals surface area contributed by atoms with E-state index in [0.717, 1.165) is 0 Å². The molecule has 2 rings (SSSR count). The van der Waals surface area contributed by atoms with Crippen LogP contribution in [0.2, 0.25) is 5.02 Å². The van der Waals surface area contributed by atoms with E-state index in [2.05, 4.69) is 5.10 Å². The smallest absolute Gasteiger partial charge is 0.153 e. The van der Waals surface area contributed by atoms with Gasteiger partial charge in [-0.05, 0) is 25.1 Å². The molecule has 17 heavy (non-hydrogen) atoms. The fourth-order valence-corrected chi connectivity index (χ4v) is 1.83. The summed E-state index contributed by atoms with van der Waals surface area (Å²) in [5, 5.41) is 4.48. The fraction of sp³-hybridized carbons (Fsp3) is 0.167. The minimum Gasteiger partial charge on any atom is -0.298 e. The number of aldehydes is 1. The van der Waals surface area contributed by atoms with Crippen LogP contribution >= 0.6 is 11.6 Å². The van der Waals surface area contributed by atoms with Crippen LogP contribution in [0.4, 0.5) is 4.39 Å². The molecule has 0 saturated carbocycles. The van der Waals surface area contributed by atoms with Crippen LogP contribution in [0.5, 0.6) is 0 Å². The van der Waals surface area contributed by atoms with Gasteiger partial charge in [0.2, 0.25) is 0 Å². The molecule has 0 radical (unpaired) electrons. The quantitative estimate of drug-likeness (QED) is 0.787. The van der Waals surface area contributed by atoms with Crippen molar-refractivity contribution in [1.29, 1.82) is 0 Å². The Bertz CT molecular complexity index is 566. The summed E-state index contributed by atoms with van der Waals surface area (Å²) in [7, 11) is 0. The molecule has 1 aromatic carbocycles. The monoisotopic (exact) mass is 252 g/mol. The third kappa shape index (κ3) is 2.22. The second-order valence-corrected chi connectivity index (χ2v) is 3.94. The Hall–Kier alpha value is -1.68. The molecule has 88 valence electrons. The lowest BCUT2D eigenvalue weighted by Gasteiger charge is -2.01. The molecule has 0 unspecified atom stereocenters. The number of rotatable bonds is 3. The molecule has 3 nitrogen and oxygen atoms in total. The standard InChI is InChI=1S/C12H10ClFN2O/c1-2-16-6-8(7-17)12(15-16)10-4-3-9(14)5-11(10)13/h3-7H,2H2,1H3. The zero-order valence-electron chi connectivity index (χ0n) is 9.15. The summed E-state index contributed by atoms with van der Waals surface area (Å²) in [5.74, 6) is -0.415. The van der Waals surface area contributed by atoms with Crippen molar-refractivity contribution in [3.8, 4) is 11.3 Å². The predicted octanol–water partition coefficient (Wildman–Crippen LogP) is 3.18. The minimum absolute atomic E-state index is 0.245. The fourth-order valence-electron chi connectivity index (χ4n) is 1.58. The second kappa shape index (κ2) is 4.67. The van der Waals surface area contributed by atoms with E-state index in [-0.39, 0.29) is 5.02 Å². The summed E-state index contributed by atoms with van der Waals surface area (Å²) in [4.78, 5) is 10.9. The van der Waals surface area contributed by atoms with E-state index in [9.17, 15) is 9.18 Å². The molecule has 0 fully saturated rings. The molecule has 2 aromatic rings. The first-order valence-electron chi connectivity index (χ1n) is 5.13. The molecule has 0 aliphatic heterocycles. The van der Waals surface area contributed by atoms with Crippen LogP contribution in [0, 0.1) is 5.82 Å². The molecule has 0 N–H and O–H groups in total. The number of nitrogens with zero attached hydrogens (tertiary/aromatic N) is 2. The van der Waals surface area contributed by atoms with Crippen molar-refractivity contribution in [3.63, 3.8) is 0 Å². The van der Waals surface area contributed by atoms with E-state index in [1.165, 1.54) is 18.2 Å². The largest absolute Gasteiger partial charge is 0.298 e. The first-order valence-corrected chi connectivity index (χ1v) is 5.51. The predicted molar refractivity (Wildman–Crippen MR) is 63.7 cm³/mol. The summed E-state index contributed by atoms with van der Waals surface area (Å²) in [6.45, 7) is 2.57. The van der Waals surface area contributed by atoms with Gasteiger partial charge >= 0.3 is 0 Å². The average Bonchev–Trinajstić information content (AvgIpc) is 2.72. The topological polar surface area (TPSA) is 34.9 Å². The maximum atomic E-state index is 12.9. The number of benzene rings is 1. The highest BCUT2D eigenvalue weighted by Crippen LogP contribution is 2.29. The number of hydrogen-bond acceptors (Lipinski definition) is 2. The van der Waals surface area contributed by atoms with E-state index < -0.39 is 5.82 Å². The SMILES string of the molecule is CCn1cc(C=O)c(-c2ccc(F)cc2Cl)n1. The van der Waals surface area contributed by atoms with Crippen LogP contribution in [-0.2, 0) is 6.54 Å². The zero-order chi connectivity index (χ0) is 12.4. The molecule has 0 aliphatic carbocycles. The summed E-state index contributed by atoms with van der Waals surface area (Å²) in [6, 6.07) is 4.02. The maximum absolute atomic E-state index is 12.9. The van der Waals surface area contributed by atoms with E-state index >= 15 is 0 Å². The molecule has 1 aromatic heterocycles. The molecule has 0 atom stereocenters. The van der Waals surface area contributed by atoms with E-state index in [1.807, 2.05) is 6.92 Å². The number of halogens is 2. The number of aryl methyl sites for hydroxylation is 1. The summed E-state index contributed by atoms with van der Waals surface area (Å²) in [6.07, 6.45) is 2.36. The lowest BCUT2D eigenvalue weighted by atomic mass is 10.1. The number of aromatic nitrogens is 2. The third-order valence-corrected chi connectivity index (χ3v) is 2.74. The van der Waals surface area contributed by atoms with E-state index in [4.69, 9.17) is 11.6 Å². The molecule has 0 bridgehead atoms. The van der Waals surface area contributed by atoms with Gasteiger partial charge in [-0.2, -0.15) is 5.10 Å². The van der Waals surface area contributed by atoms with Crippen molar-refractivity contribution >= 4 is 17.9 Å². The van der Waals surface area contributed by atoms with Crippen LogP contribution < -0.4 is 0 Å². The van der Waals surface area contributed by atoms with Gasteiger partial charge in [-0.3, -0.25) is 9.48 Å². The van der Waals surface area contributed by atoms with Crippen LogP contribution in [0.25, 0.3) is 11.3 Å². The lowest BCUT2D eigenvalue weighted by Crippen LogP contribution is -1.94. The van der Waals surface area contributed by atoms with E-state index in [0.29, 0.717) is 29.7 Å². The molecule has 1 heterocycles. The van der Waals surface area contributed by atoms with Crippen LogP contribution in [0.3, 0.4) is 0 Å². The van der Waals surface area contributed by atoms with Crippen LogP contribution in [0.15, 0.2) is 24.4 Å². The van der Waals surface area contributed by atoms with Gasteiger partial charge in [-0.15, -0.1) is 0 Å². The molecule has 0 saturated heterocycles. The van der Waals surface area contributed by atoms with Gasteiger partial charge in [-0.1, -0.05) is 11.6 Å². The minimum atomic E-state index is -0.415. The highest BCUT2D eigenvalue weighted by atomic mass is 35.5. The Morgan fingerprint density at radius 3 is 2.88 bits per heavy atom. The van der Waals surface area contributed by atoms with Crippen molar-refractivity contribution in [2.75, 3.05) is 0 Å². The van der Waals surface area contributed by atoms with Gasteiger partial charge in [0.15, 0.2) is 6.29 Å². The Labute approximate surface area is 103 Å². The number of carbonyl (C=O) groups excluding carboxylic acids is 1. The summed E-state index contributed by atoms with van der Waals surface area (Å²) >= 11 is 5.94. The van der Waals surface area contributed by atoms with E-state index in [1.54, 1.807) is 10.9 Å². The van der Waals surface area contributed by atoms with Gasteiger partial charge in [0.05, 0.1) is 10.6 Å². The summed E-state index contributed by atoms with van der Waals surface area (Å²) < 4.78 is 14.6. The molecule has 0 aliphatic rings. The highest BCUT2D eigenvalue weighted by Gasteiger charge is 2.13. The van der Waals surface area contributed by atoms with Crippen molar-refractivity contribution < 1.29 is 9.18 Å². The van der Waals surface area contributed by atoms with Crippen molar-refractivity contribution in [2.24, 2.45) is 0 Å². The average molecular weight is 253 g/mol. The van der Waals surface area contributed by atoms with Gasteiger partial charge in [-0.25, -0.2) is 4.39 Å². The molecular weight excluding hydrogens is 243 g/mol. The molecule has 5 heteroatoms. The number of hydrogen-bond donors (Lipinski definition) is 0.